The Balaban J connectivity index is 3.03. The molecule has 1 rings (SSSR count). The molecular formula is C11H15Cl2NO4S. The van der Waals surface area contributed by atoms with Gasteiger partial charge in [0.2, 0.25) is 10.0 Å². The first-order valence-corrected chi connectivity index (χ1v) is 7.88. The zero-order chi connectivity index (χ0) is 14.5. The Morgan fingerprint density at radius 1 is 1.32 bits per heavy atom. The highest BCUT2D eigenvalue weighted by atomic mass is 35.5. The van der Waals surface area contributed by atoms with Crippen molar-refractivity contribution in [2.24, 2.45) is 0 Å². The van der Waals surface area contributed by atoms with Gasteiger partial charge >= 0.3 is 0 Å². The number of aliphatic hydroxyl groups excluding tert-OH is 1. The van der Waals surface area contributed by atoms with E-state index in [4.69, 9.17) is 33.0 Å². The van der Waals surface area contributed by atoms with E-state index in [1.165, 1.54) is 12.1 Å². The predicted octanol–water partition coefficient (Wildman–Crippen LogP) is 2.05. The minimum Gasteiger partial charge on any atom is -0.492 e. The van der Waals surface area contributed by atoms with Gasteiger partial charge in [0, 0.05) is 19.2 Å². The summed E-state index contributed by atoms with van der Waals surface area (Å²) in [5, 5.41) is 8.84. The molecule has 8 heteroatoms. The molecule has 0 amide bonds. The second-order valence-electron chi connectivity index (χ2n) is 3.62. The van der Waals surface area contributed by atoms with E-state index in [9.17, 15) is 8.42 Å². The summed E-state index contributed by atoms with van der Waals surface area (Å²) in [6, 6.07) is 2.62. The standard InChI is InChI=1S/C11H15Cl2NO4S/c1-2-18-10-6-9(13)11(7-8(10)12)19(16,17)14-4-3-5-15/h6-7,14-15H,2-5H2,1H3. The Kier molecular flexibility index (Phi) is 6.35. The molecule has 108 valence electrons. The molecule has 1 aromatic rings. The van der Waals surface area contributed by atoms with E-state index in [1.807, 2.05) is 0 Å². The van der Waals surface area contributed by atoms with E-state index in [0.29, 0.717) is 18.8 Å². The predicted molar refractivity (Wildman–Crippen MR) is 74.5 cm³/mol. The van der Waals surface area contributed by atoms with E-state index in [0.717, 1.165) is 0 Å². The molecule has 2 N–H and O–H groups in total. The quantitative estimate of drug-likeness (QED) is 0.751. The van der Waals surface area contributed by atoms with Crippen LogP contribution in [0.5, 0.6) is 5.75 Å². The summed E-state index contributed by atoms with van der Waals surface area (Å²) in [7, 11) is -3.75. The Morgan fingerprint density at radius 3 is 2.58 bits per heavy atom. The van der Waals surface area contributed by atoms with Crippen LogP contribution < -0.4 is 9.46 Å². The van der Waals surface area contributed by atoms with Gasteiger partial charge in [0.1, 0.15) is 10.6 Å². The normalized spacial score (nSPS) is 11.6. The highest BCUT2D eigenvalue weighted by Crippen LogP contribution is 2.33. The number of hydrogen-bond donors (Lipinski definition) is 2. The summed E-state index contributed by atoms with van der Waals surface area (Å²) in [6.45, 7) is 2.21. The minimum atomic E-state index is -3.75. The number of benzene rings is 1. The van der Waals surface area contributed by atoms with Gasteiger partial charge in [0.05, 0.1) is 16.7 Å². The van der Waals surface area contributed by atoms with Crippen molar-refractivity contribution in [3.63, 3.8) is 0 Å². The molecule has 1 aromatic carbocycles. The molecule has 0 radical (unpaired) electrons. The molecule has 0 heterocycles. The van der Waals surface area contributed by atoms with Crippen LogP contribution in [-0.4, -0.2) is 33.3 Å². The van der Waals surface area contributed by atoms with Crippen molar-refractivity contribution in [3.8, 4) is 5.75 Å². The summed E-state index contributed by atoms with van der Waals surface area (Å²) in [6.07, 6.45) is 0.321. The van der Waals surface area contributed by atoms with Gasteiger partial charge in [-0.2, -0.15) is 0 Å². The van der Waals surface area contributed by atoms with Gasteiger partial charge in [0.15, 0.2) is 0 Å². The van der Waals surface area contributed by atoms with E-state index >= 15 is 0 Å². The molecule has 19 heavy (non-hydrogen) atoms. The number of rotatable bonds is 7. The van der Waals surface area contributed by atoms with Crippen molar-refractivity contribution in [1.29, 1.82) is 0 Å². The smallest absolute Gasteiger partial charge is 0.242 e. The van der Waals surface area contributed by atoms with Crippen molar-refractivity contribution in [1.82, 2.24) is 4.72 Å². The fraction of sp³-hybridized carbons (Fsp3) is 0.455. The zero-order valence-electron chi connectivity index (χ0n) is 10.3. The monoisotopic (exact) mass is 327 g/mol. The molecule has 0 aromatic heterocycles. The maximum atomic E-state index is 12.0. The number of sulfonamides is 1. The average molecular weight is 328 g/mol. The average Bonchev–Trinajstić information content (AvgIpc) is 2.33. The van der Waals surface area contributed by atoms with Crippen LogP contribution in [0.25, 0.3) is 0 Å². The molecule has 0 spiro atoms. The van der Waals surface area contributed by atoms with Crippen molar-refractivity contribution >= 4 is 33.2 Å². The lowest BCUT2D eigenvalue weighted by Crippen LogP contribution is -2.25. The number of hydrogen-bond acceptors (Lipinski definition) is 4. The van der Waals surface area contributed by atoms with E-state index < -0.39 is 10.0 Å². The maximum absolute atomic E-state index is 12.0. The molecule has 0 saturated carbocycles. The van der Waals surface area contributed by atoms with Crippen molar-refractivity contribution in [2.45, 2.75) is 18.2 Å². The van der Waals surface area contributed by atoms with Gasteiger partial charge in [-0.05, 0) is 19.4 Å². The van der Waals surface area contributed by atoms with Gasteiger partial charge in [-0.3, -0.25) is 0 Å². The van der Waals surface area contributed by atoms with Crippen LogP contribution in [-0.2, 0) is 10.0 Å². The lowest BCUT2D eigenvalue weighted by molar-refractivity contribution is 0.289. The fourth-order valence-corrected chi connectivity index (χ4v) is 3.24. The SMILES string of the molecule is CCOc1cc(Cl)c(S(=O)(=O)NCCCO)cc1Cl. The lowest BCUT2D eigenvalue weighted by atomic mass is 10.3. The van der Waals surface area contributed by atoms with Crippen LogP contribution >= 0.6 is 23.2 Å². The van der Waals surface area contributed by atoms with Crippen LogP contribution in [0, 0.1) is 0 Å². The molecule has 0 aliphatic heterocycles. The third-order valence-electron chi connectivity index (χ3n) is 2.20. The molecule has 0 aliphatic carbocycles. The third kappa shape index (κ3) is 4.50. The second kappa shape index (κ2) is 7.31. The van der Waals surface area contributed by atoms with E-state index in [2.05, 4.69) is 4.72 Å². The molecule has 0 fully saturated rings. The molecule has 0 bridgehead atoms. The van der Waals surface area contributed by atoms with Crippen molar-refractivity contribution < 1.29 is 18.3 Å². The number of ether oxygens (including phenoxy) is 1. The third-order valence-corrected chi connectivity index (χ3v) is 4.42. The van der Waals surface area contributed by atoms with E-state index in [1.54, 1.807) is 6.92 Å². The van der Waals surface area contributed by atoms with Crippen LogP contribution in [0.2, 0.25) is 10.0 Å². The summed E-state index contributed by atoms with van der Waals surface area (Å²) >= 11 is 11.9. The number of aliphatic hydroxyl groups is 1. The maximum Gasteiger partial charge on any atom is 0.242 e. The highest BCUT2D eigenvalue weighted by Gasteiger charge is 2.20. The van der Waals surface area contributed by atoms with Gasteiger partial charge in [-0.15, -0.1) is 0 Å². The number of nitrogens with one attached hydrogen (secondary N) is 1. The lowest BCUT2D eigenvalue weighted by Gasteiger charge is -2.11. The van der Waals surface area contributed by atoms with Gasteiger partial charge < -0.3 is 9.84 Å². The Hall–Kier alpha value is -0.530. The first-order chi connectivity index (χ1) is 8.92. The number of halogens is 2. The van der Waals surface area contributed by atoms with Gasteiger partial charge in [-0.1, -0.05) is 23.2 Å². The van der Waals surface area contributed by atoms with Crippen LogP contribution in [0.15, 0.2) is 17.0 Å². The minimum absolute atomic E-state index is 0.0318. The first-order valence-electron chi connectivity index (χ1n) is 5.64. The summed E-state index contributed by atoms with van der Waals surface area (Å²) in [4.78, 5) is -0.111. The van der Waals surface area contributed by atoms with Crippen molar-refractivity contribution in [2.75, 3.05) is 19.8 Å². The molecule has 0 atom stereocenters. The summed E-state index contributed by atoms with van der Waals surface area (Å²) in [5.41, 5.74) is 0. The first kappa shape index (κ1) is 16.5. The Labute approximate surface area is 122 Å². The van der Waals surface area contributed by atoms with Crippen LogP contribution in [0.3, 0.4) is 0 Å². The largest absolute Gasteiger partial charge is 0.492 e. The second-order valence-corrected chi connectivity index (χ2v) is 6.17. The van der Waals surface area contributed by atoms with Crippen molar-refractivity contribution in [3.05, 3.63) is 22.2 Å². The summed E-state index contributed by atoms with van der Waals surface area (Å²) in [5.74, 6) is 0.337. The highest BCUT2D eigenvalue weighted by molar-refractivity contribution is 7.89. The summed E-state index contributed by atoms with van der Waals surface area (Å²) < 4.78 is 31.5. The van der Waals surface area contributed by atoms with E-state index in [-0.39, 0.29) is 28.1 Å². The van der Waals surface area contributed by atoms with Gasteiger partial charge in [-0.25, -0.2) is 13.1 Å². The van der Waals surface area contributed by atoms with Crippen LogP contribution in [0.1, 0.15) is 13.3 Å². The molecule has 0 aliphatic rings. The molecule has 0 saturated heterocycles. The Bertz CT molecular complexity index is 534. The van der Waals surface area contributed by atoms with Crippen LogP contribution in [0.4, 0.5) is 0 Å². The van der Waals surface area contributed by atoms with Gasteiger partial charge in [0.25, 0.3) is 0 Å². The Morgan fingerprint density at radius 2 is 2.00 bits per heavy atom. The molecule has 5 nitrogen and oxygen atoms in total. The zero-order valence-corrected chi connectivity index (χ0v) is 12.6. The molecule has 0 unspecified atom stereocenters. The molecular weight excluding hydrogens is 313 g/mol. The topological polar surface area (TPSA) is 75.6 Å². The fourth-order valence-electron chi connectivity index (χ4n) is 1.35.